The standard InChI is InChI=1S/C10H20N/c1-5-10-9(8(2)3)6-7-11(10)4/h7-10H,5-6H2,1-4H3/q+1/t9-,10?/m1/s1. The zero-order valence-electron chi connectivity index (χ0n) is 8.17. The fourth-order valence-corrected chi connectivity index (χ4v) is 2.19. The number of hydrogen-bond acceptors (Lipinski definition) is 0. The molecule has 1 aliphatic heterocycles. The second-order valence-electron chi connectivity index (χ2n) is 3.97. The van der Waals surface area contributed by atoms with Gasteiger partial charge < -0.3 is 0 Å². The summed E-state index contributed by atoms with van der Waals surface area (Å²) in [5, 5.41) is 0. The van der Waals surface area contributed by atoms with E-state index in [9.17, 15) is 0 Å². The van der Waals surface area contributed by atoms with Crippen LogP contribution in [-0.4, -0.2) is 23.9 Å². The molecule has 0 fully saturated rings. The van der Waals surface area contributed by atoms with Gasteiger partial charge in [-0.1, -0.05) is 20.8 Å². The Morgan fingerprint density at radius 2 is 2.18 bits per heavy atom. The number of rotatable bonds is 2. The van der Waals surface area contributed by atoms with Gasteiger partial charge in [0.05, 0.1) is 0 Å². The molecule has 0 aliphatic carbocycles. The van der Waals surface area contributed by atoms with Crippen LogP contribution < -0.4 is 0 Å². The second-order valence-corrected chi connectivity index (χ2v) is 3.97. The van der Waals surface area contributed by atoms with Crippen LogP contribution in [0.25, 0.3) is 0 Å². The van der Waals surface area contributed by atoms with Gasteiger partial charge in [0, 0.05) is 18.8 Å². The van der Waals surface area contributed by atoms with Crippen molar-refractivity contribution in [2.75, 3.05) is 7.05 Å². The van der Waals surface area contributed by atoms with E-state index in [1.165, 1.54) is 12.8 Å². The molecule has 1 nitrogen and oxygen atoms in total. The lowest BCUT2D eigenvalue weighted by Crippen LogP contribution is -2.27. The molecule has 0 radical (unpaired) electrons. The maximum Gasteiger partial charge on any atom is 0.155 e. The van der Waals surface area contributed by atoms with Gasteiger partial charge in [-0.2, -0.15) is 0 Å². The Kier molecular flexibility index (Phi) is 2.69. The Bertz CT molecular complexity index is 158. The van der Waals surface area contributed by atoms with Gasteiger partial charge in [-0.25, -0.2) is 4.58 Å². The van der Waals surface area contributed by atoms with Gasteiger partial charge >= 0.3 is 0 Å². The first-order chi connectivity index (χ1) is 5.16. The molecule has 1 rings (SSSR count). The molecule has 0 saturated heterocycles. The van der Waals surface area contributed by atoms with Crippen molar-refractivity contribution in [1.82, 2.24) is 0 Å². The molecule has 0 aromatic heterocycles. The van der Waals surface area contributed by atoms with Gasteiger partial charge in [0.1, 0.15) is 13.3 Å². The van der Waals surface area contributed by atoms with Gasteiger partial charge in [0.25, 0.3) is 0 Å². The van der Waals surface area contributed by atoms with Crippen molar-refractivity contribution in [1.29, 1.82) is 0 Å². The molecule has 2 atom stereocenters. The summed E-state index contributed by atoms with van der Waals surface area (Å²) in [5.41, 5.74) is 0. The molecule has 11 heavy (non-hydrogen) atoms. The summed E-state index contributed by atoms with van der Waals surface area (Å²) in [4.78, 5) is 0. The van der Waals surface area contributed by atoms with E-state index in [1.54, 1.807) is 0 Å². The van der Waals surface area contributed by atoms with E-state index in [4.69, 9.17) is 0 Å². The molecule has 0 aromatic carbocycles. The monoisotopic (exact) mass is 154 g/mol. The molecule has 64 valence electrons. The van der Waals surface area contributed by atoms with Crippen molar-refractivity contribution in [2.24, 2.45) is 11.8 Å². The topological polar surface area (TPSA) is 3.01 Å². The molecule has 0 amide bonds. The highest BCUT2D eigenvalue weighted by molar-refractivity contribution is 5.53. The van der Waals surface area contributed by atoms with Crippen molar-refractivity contribution in [3.05, 3.63) is 0 Å². The molecule has 0 N–H and O–H groups in total. The third-order valence-corrected chi connectivity index (χ3v) is 2.96. The molecule has 0 saturated carbocycles. The molecule has 1 aliphatic rings. The molecule has 1 heterocycles. The third kappa shape index (κ3) is 1.63. The van der Waals surface area contributed by atoms with Crippen LogP contribution in [0.2, 0.25) is 0 Å². The molecule has 1 unspecified atom stereocenters. The molecule has 0 bridgehead atoms. The van der Waals surface area contributed by atoms with Crippen molar-refractivity contribution in [2.45, 2.75) is 39.7 Å². The highest BCUT2D eigenvalue weighted by atomic mass is 15.0. The zero-order chi connectivity index (χ0) is 8.43. The predicted octanol–water partition coefficient (Wildman–Crippen LogP) is 2.15. The summed E-state index contributed by atoms with van der Waals surface area (Å²) in [6.07, 6.45) is 4.92. The van der Waals surface area contributed by atoms with E-state index in [0.29, 0.717) is 0 Å². The Hall–Kier alpha value is -0.330. The lowest BCUT2D eigenvalue weighted by atomic mass is 9.87. The normalized spacial score (nSPS) is 31.2. The summed E-state index contributed by atoms with van der Waals surface area (Å²) >= 11 is 0. The van der Waals surface area contributed by atoms with E-state index in [0.717, 1.165) is 17.9 Å². The highest BCUT2D eigenvalue weighted by Gasteiger charge is 2.34. The quantitative estimate of drug-likeness (QED) is 0.536. The van der Waals surface area contributed by atoms with Crippen molar-refractivity contribution in [3.8, 4) is 0 Å². The van der Waals surface area contributed by atoms with Crippen LogP contribution in [0.4, 0.5) is 0 Å². The smallest absolute Gasteiger partial charge is 0.155 e. The average molecular weight is 154 g/mol. The van der Waals surface area contributed by atoms with Crippen LogP contribution in [-0.2, 0) is 0 Å². The van der Waals surface area contributed by atoms with Crippen LogP contribution in [0.15, 0.2) is 0 Å². The highest BCUT2D eigenvalue weighted by Crippen LogP contribution is 2.26. The molecule has 0 spiro atoms. The lowest BCUT2D eigenvalue weighted by Gasteiger charge is -2.18. The van der Waals surface area contributed by atoms with E-state index >= 15 is 0 Å². The third-order valence-electron chi connectivity index (χ3n) is 2.96. The summed E-state index contributed by atoms with van der Waals surface area (Å²) in [6.45, 7) is 6.95. The zero-order valence-corrected chi connectivity index (χ0v) is 8.17. The van der Waals surface area contributed by atoms with Crippen molar-refractivity contribution >= 4 is 6.21 Å². The first kappa shape index (κ1) is 8.76. The number of nitrogens with zero attached hydrogens (tertiary/aromatic N) is 1. The Labute approximate surface area is 70.1 Å². The minimum absolute atomic E-state index is 0.801. The Morgan fingerprint density at radius 1 is 1.55 bits per heavy atom. The van der Waals surface area contributed by atoms with Crippen LogP contribution in [0.5, 0.6) is 0 Å². The predicted molar refractivity (Wildman–Crippen MR) is 49.3 cm³/mol. The number of hydrogen-bond donors (Lipinski definition) is 0. The largest absolute Gasteiger partial charge is 0.239 e. The fourth-order valence-electron chi connectivity index (χ4n) is 2.19. The van der Waals surface area contributed by atoms with Gasteiger partial charge in [0.15, 0.2) is 6.04 Å². The summed E-state index contributed by atoms with van der Waals surface area (Å²) in [5.74, 6) is 1.73. The average Bonchev–Trinajstić information content (AvgIpc) is 2.30. The maximum atomic E-state index is 2.39. The maximum absolute atomic E-state index is 2.39. The van der Waals surface area contributed by atoms with Gasteiger partial charge in [-0.3, -0.25) is 0 Å². The van der Waals surface area contributed by atoms with E-state index in [2.05, 4.69) is 38.6 Å². The summed E-state index contributed by atoms with van der Waals surface area (Å²) in [7, 11) is 2.20. The second kappa shape index (κ2) is 3.38. The fraction of sp³-hybridized carbons (Fsp3) is 0.900. The Morgan fingerprint density at radius 3 is 2.55 bits per heavy atom. The SMILES string of the molecule is CCC1[C@@H](C(C)C)CC=[N+]1C. The van der Waals surface area contributed by atoms with Gasteiger partial charge in [-0.05, 0) is 5.92 Å². The van der Waals surface area contributed by atoms with Crippen molar-refractivity contribution in [3.63, 3.8) is 0 Å². The van der Waals surface area contributed by atoms with Crippen LogP contribution >= 0.6 is 0 Å². The lowest BCUT2D eigenvalue weighted by molar-refractivity contribution is -0.534. The molecule has 1 heteroatoms. The first-order valence-corrected chi connectivity index (χ1v) is 4.72. The minimum atomic E-state index is 0.801. The van der Waals surface area contributed by atoms with Crippen LogP contribution in [0, 0.1) is 11.8 Å². The van der Waals surface area contributed by atoms with E-state index < -0.39 is 0 Å². The first-order valence-electron chi connectivity index (χ1n) is 4.72. The summed E-state index contributed by atoms with van der Waals surface area (Å²) in [6, 6.07) is 0.801. The summed E-state index contributed by atoms with van der Waals surface area (Å²) < 4.78 is 2.39. The minimum Gasteiger partial charge on any atom is -0.239 e. The van der Waals surface area contributed by atoms with Crippen LogP contribution in [0.3, 0.4) is 0 Å². The van der Waals surface area contributed by atoms with E-state index in [1.807, 2.05) is 0 Å². The molecular formula is C10H20N+. The Balaban J connectivity index is 2.61. The van der Waals surface area contributed by atoms with E-state index in [-0.39, 0.29) is 0 Å². The van der Waals surface area contributed by atoms with Gasteiger partial charge in [0.2, 0.25) is 0 Å². The van der Waals surface area contributed by atoms with Gasteiger partial charge in [-0.15, -0.1) is 0 Å². The molecular weight excluding hydrogens is 134 g/mol. The molecule has 0 aromatic rings. The van der Waals surface area contributed by atoms with Crippen LogP contribution in [0.1, 0.15) is 33.6 Å². The van der Waals surface area contributed by atoms with Crippen molar-refractivity contribution < 1.29 is 4.58 Å².